The van der Waals surface area contributed by atoms with Crippen molar-refractivity contribution in [1.82, 2.24) is 19.4 Å². The molecule has 0 unspecified atom stereocenters. The second-order valence-electron chi connectivity index (χ2n) is 10.3. The predicted molar refractivity (Wildman–Crippen MR) is 171 cm³/mol. The summed E-state index contributed by atoms with van der Waals surface area (Å²) in [6, 6.07) is 15.0. The molecule has 6 rings (SSSR count). The van der Waals surface area contributed by atoms with E-state index in [2.05, 4.69) is 26.5 Å². The molecule has 0 atom stereocenters. The lowest BCUT2D eigenvalue weighted by Crippen LogP contribution is -2.35. The number of benzene rings is 2. The average molecular weight is 634 g/mol. The van der Waals surface area contributed by atoms with Gasteiger partial charge in [-0.2, -0.15) is 23.5 Å². The summed E-state index contributed by atoms with van der Waals surface area (Å²) in [5.74, 6) is 0. The fraction of sp³-hybridized carbons (Fsp3) is 0.267. The Morgan fingerprint density at radius 1 is 1.14 bits per heavy atom. The Balaban J connectivity index is 1.34. The molecule has 0 aliphatic carbocycles. The Bertz CT molecular complexity index is 1870. The number of aryl methyl sites for hydroxylation is 1. The Kier molecular flexibility index (Phi) is 8.55. The van der Waals surface area contributed by atoms with Crippen LogP contribution < -0.4 is 10.9 Å². The fourth-order valence-corrected chi connectivity index (χ4v) is 6.65. The van der Waals surface area contributed by atoms with E-state index in [1.807, 2.05) is 56.5 Å². The van der Waals surface area contributed by atoms with Gasteiger partial charge in [0.05, 0.1) is 18.9 Å². The maximum atomic E-state index is 14.6. The number of rotatable bonds is 8. The minimum Gasteiger partial charge on any atom is -0.379 e. The monoisotopic (exact) mass is 633 g/mol. The number of halogens is 3. The van der Waals surface area contributed by atoms with Gasteiger partial charge in [0.15, 0.2) is 5.71 Å². The number of fused-ring (bicyclic) bond motifs is 1. The van der Waals surface area contributed by atoms with Crippen LogP contribution in [-0.4, -0.2) is 65.5 Å². The Morgan fingerprint density at radius 2 is 1.89 bits per heavy atom. The molecule has 0 amide bonds. The first-order chi connectivity index (χ1) is 21.2. The lowest BCUT2D eigenvalue weighted by atomic mass is 9.95. The molecule has 1 aliphatic rings. The molecular formula is C30H27BF3N7OS2. The zero-order chi connectivity index (χ0) is 30.8. The van der Waals surface area contributed by atoms with Crippen LogP contribution in [0.5, 0.6) is 0 Å². The maximum Gasteiger partial charge on any atom is 0.435 e. The van der Waals surface area contributed by atoms with Gasteiger partial charge in [-0.1, -0.05) is 41.1 Å². The van der Waals surface area contributed by atoms with Crippen LogP contribution in [0.2, 0.25) is 0 Å². The molecule has 44 heavy (non-hydrogen) atoms. The zero-order valence-corrected chi connectivity index (χ0v) is 25.6. The van der Waals surface area contributed by atoms with Crippen LogP contribution >= 0.6 is 22.7 Å². The van der Waals surface area contributed by atoms with Crippen molar-refractivity contribution < 1.29 is 17.9 Å². The molecule has 1 saturated heterocycles. The van der Waals surface area contributed by atoms with E-state index in [1.165, 1.54) is 17.5 Å². The van der Waals surface area contributed by atoms with Gasteiger partial charge >= 0.3 is 6.18 Å². The molecule has 1 aliphatic heterocycles. The van der Waals surface area contributed by atoms with Gasteiger partial charge in [-0.05, 0) is 25.1 Å². The van der Waals surface area contributed by atoms with Crippen LogP contribution in [0.25, 0.3) is 32.7 Å². The van der Waals surface area contributed by atoms with Gasteiger partial charge in [-0.3, -0.25) is 10.3 Å². The molecule has 5 aromatic rings. The summed E-state index contributed by atoms with van der Waals surface area (Å²) in [5.41, 5.74) is 5.82. The highest BCUT2D eigenvalue weighted by atomic mass is 32.1. The molecule has 8 nitrogen and oxygen atoms in total. The molecule has 1 fully saturated rings. The van der Waals surface area contributed by atoms with Crippen molar-refractivity contribution in [3.63, 3.8) is 0 Å². The van der Waals surface area contributed by atoms with Gasteiger partial charge in [0.1, 0.15) is 29.5 Å². The van der Waals surface area contributed by atoms with Crippen LogP contribution in [0.15, 0.2) is 59.1 Å². The van der Waals surface area contributed by atoms with Gasteiger partial charge < -0.3 is 9.30 Å². The molecular weight excluding hydrogens is 606 g/mol. The lowest BCUT2D eigenvalue weighted by Gasteiger charge is -2.25. The van der Waals surface area contributed by atoms with Gasteiger partial charge in [0.2, 0.25) is 5.13 Å². The first kappa shape index (κ1) is 30.0. The number of hydrogen-bond donors (Lipinski definition) is 1. The van der Waals surface area contributed by atoms with Gasteiger partial charge in [0, 0.05) is 65.3 Å². The van der Waals surface area contributed by atoms with E-state index in [4.69, 9.17) is 9.72 Å². The molecule has 1 N–H and O–H groups in total. The van der Waals surface area contributed by atoms with Crippen LogP contribution in [-0.2, 0) is 17.8 Å². The van der Waals surface area contributed by atoms with E-state index >= 15 is 0 Å². The van der Waals surface area contributed by atoms with Crippen molar-refractivity contribution in [1.29, 1.82) is 5.26 Å². The van der Waals surface area contributed by atoms with Gasteiger partial charge in [-0.15, -0.1) is 11.3 Å². The summed E-state index contributed by atoms with van der Waals surface area (Å²) in [6.07, 6.45) is -3.29. The number of morpholine rings is 1. The minimum absolute atomic E-state index is 0.0513. The van der Waals surface area contributed by atoms with E-state index in [0.29, 0.717) is 48.5 Å². The first-order valence-electron chi connectivity index (χ1n) is 14.0. The number of hydrogen-bond acceptors (Lipinski definition) is 9. The smallest absolute Gasteiger partial charge is 0.379 e. The van der Waals surface area contributed by atoms with Crippen LogP contribution in [0.1, 0.15) is 23.1 Å². The molecule has 0 spiro atoms. The molecule has 224 valence electrons. The van der Waals surface area contributed by atoms with E-state index in [0.717, 1.165) is 46.2 Å². The largest absolute Gasteiger partial charge is 0.435 e. The number of ether oxygens (including phenoxy) is 1. The predicted octanol–water partition coefficient (Wildman–Crippen LogP) is 5.25. The maximum absolute atomic E-state index is 14.6. The number of hydrazone groups is 1. The van der Waals surface area contributed by atoms with Gasteiger partial charge in [0.25, 0.3) is 0 Å². The molecule has 2 aromatic carbocycles. The Labute approximate surface area is 260 Å². The molecule has 14 heteroatoms. The number of anilines is 1. The first-order valence-corrected chi connectivity index (χ1v) is 15.7. The van der Waals surface area contributed by atoms with Crippen LogP contribution in [0.4, 0.5) is 18.3 Å². The summed E-state index contributed by atoms with van der Waals surface area (Å²) in [6.45, 7) is 6.12. The summed E-state index contributed by atoms with van der Waals surface area (Å²) >= 11 is 2.42. The van der Waals surface area contributed by atoms with Crippen LogP contribution in [0.3, 0.4) is 0 Å². The number of thiazole rings is 2. The van der Waals surface area contributed by atoms with Crippen molar-refractivity contribution in [2.24, 2.45) is 5.10 Å². The summed E-state index contributed by atoms with van der Waals surface area (Å²) in [7, 11) is 1.94. The highest BCUT2D eigenvalue weighted by Gasteiger charge is 2.39. The minimum atomic E-state index is -4.77. The fourth-order valence-electron chi connectivity index (χ4n) is 5.11. The number of nitrogens with one attached hydrogen (secondary N) is 1. The number of aromatic nitrogens is 3. The summed E-state index contributed by atoms with van der Waals surface area (Å²) in [4.78, 5) is 11.7. The second-order valence-corrected chi connectivity index (χ2v) is 12.2. The third kappa shape index (κ3) is 6.27. The van der Waals surface area contributed by atoms with E-state index in [9.17, 15) is 18.4 Å². The van der Waals surface area contributed by atoms with Gasteiger partial charge in [-0.25, -0.2) is 9.97 Å². The molecule has 0 saturated carbocycles. The van der Waals surface area contributed by atoms with E-state index in [1.54, 1.807) is 10.6 Å². The third-order valence-electron chi connectivity index (χ3n) is 7.35. The second kappa shape index (κ2) is 12.5. The lowest BCUT2D eigenvalue weighted by molar-refractivity contribution is -0.0580. The summed E-state index contributed by atoms with van der Waals surface area (Å²) < 4.78 is 50.9. The van der Waals surface area contributed by atoms with E-state index in [-0.39, 0.29) is 15.6 Å². The normalized spacial score (nSPS) is 14.7. The quantitative estimate of drug-likeness (QED) is 0.143. The highest BCUT2D eigenvalue weighted by molar-refractivity contribution is 7.16. The van der Waals surface area contributed by atoms with Crippen molar-refractivity contribution in [3.05, 3.63) is 70.2 Å². The molecule has 0 radical (unpaired) electrons. The highest BCUT2D eigenvalue weighted by Crippen LogP contribution is 2.35. The van der Waals surface area contributed by atoms with E-state index < -0.39 is 11.9 Å². The van der Waals surface area contributed by atoms with Crippen molar-refractivity contribution >= 4 is 57.7 Å². The summed E-state index contributed by atoms with van der Waals surface area (Å²) in [5, 5.41) is 16.7. The molecule has 4 heterocycles. The number of nitriles is 1. The zero-order valence-electron chi connectivity index (χ0n) is 24.0. The Hall–Kier alpha value is -4.03. The third-order valence-corrected chi connectivity index (χ3v) is 9.16. The average Bonchev–Trinajstić information content (AvgIpc) is 3.75. The number of alkyl halides is 3. The Morgan fingerprint density at radius 3 is 2.59 bits per heavy atom. The number of nitrogens with zero attached hydrogens (tertiary/aromatic N) is 6. The molecule has 3 aromatic heterocycles. The topological polar surface area (TPSA) is 91.4 Å². The van der Waals surface area contributed by atoms with Crippen molar-refractivity contribution in [3.8, 4) is 27.9 Å². The SMILES string of the molecule is Bc1ccc(-c2nc(N/N=C(/c3cn(CC)c4ccc(-c5nc(CN6CCOCC6)cs5)cc34)C(F)(F)F)sc2C#N)cc1. The standard InChI is InChI=1S/C30H27BF3N7OS2/c1-2-41-16-23(22-13-19(5-8-24(22)41)28-36-21(17-43-28)15-40-9-11-42-12-10-40)27(30(32,33)34)38-39-29-37-26(25(14-35)44-29)18-3-6-20(31)7-4-18/h3-8,13,16-17H,2,9-12,15,31H2,1H3,(H,37,39)/b38-27-. The molecule has 0 bridgehead atoms. The van der Waals surface area contributed by atoms with Crippen molar-refractivity contribution in [2.75, 3.05) is 31.7 Å². The van der Waals surface area contributed by atoms with Crippen molar-refractivity contribution in [2.45, 2.75) is 26.2 Å². The van der Waals surface area contributed by atoms with Crippen LogP contribution in [0, 0.1) is 11.3 Å².